The molecule has 1 aliphatic heterocycles. The van der Waals surface area contributed by atoms with E-state index in [1.807, 2.05) is 13.8 Å². The minimum atomic E-state index is -1.40. The Balaban J connectivity index is 2.17. The first-order chi connectivity index (χ1) is 9.57. The summed E-state index contributed by atoms with van der Waals surface area (Å²) >= 11 is 0. The Morgan fingerprint density at radius 2 is 1.86 bits per heavy atom. The number of carbonyl (C=O) groups excluding carboxylic acids is 1. The van der Waals surface area contributed by atoms with E-state index in [2.05, 4.69) is 20.8 Å². The molecule has 3 heteroatoms. The lowest BCUT2D eigenvalue weighted by Crippen LogP contribution is -2.74. The molecule has 3 nitrogen and oxygen atoms in total. The molecule has 0 aromatic carbocycles. The zero-order chi connectivity index (χ0) is 15.7. The first kappa shape index (κ1) is 15.1. The molecule has 0 bridgehead atoms. The van der Waals surface area contributed by atoms with Gasteiger partial charge in [-0.25, -0.2) is 0 Å². The molecule has 3 rings (SSSR count). The Morgan fingerprint density at radius 1 is 1.19 bits per heavy atom. The highest BCUT2D eigenvalue weighted by Gasteiger charge is 2.71. The van der Waals surface area contributed by atoms with Gasteiger partial charge in [-0.1, -0.05) is 27.2 Å². The lowest BCUT2D eigenvalue weighted by Gasteiger charge is -2.65. The molecule has 1 heterocycles. The van der Waals surface area contributed by atoms with E-state index in [4.69, 9.17) is 4.74 Å². The maximum atomic E-state index is 12.8. The Labute approximate surface area is 127 Å². The number of hydrogen-bond acceptors (Lipinski definition) is 3. The maximum Gasteiger partial charge on any atom is 0.195 e. The zero-order valence-corrected chi connectivity index (χ0v) is 14.0. The fraction of sp³-hybridized carbons (Fsp3) is 0.833. The molecule has 118 valence electrons. The minimum Gasteiger partial charge on any atom is -0.489 e. The summed E-state index contributed by atoms with van der Waals surface area (Å²) in [5.41, 5.74) is -2.43. The van der Waals surface area contributed by atoms with Crippen LogP contribution in [-0.2, 0) is 9.53 Å². The van der Waals surface area contributed by atoms with Crippen LogP contribution in [-0.4, -0.2) is 22.1 Å². The number of ether oxygens (including phenoxy) is 1. The highest BCUT2D eigenvalue weighted by molar-refractivity contribution is 6.00. The van der Waals surface area contributed by atoms with Gasteiger partial charge in [-0.05, 0) is 50.9 Å². The van der Waals surface area contributed by atoms with Gasteiger partial charge in [0.2, 0.25) is 0 Å². The Morgan fingerprint density at radius 3 is 2.52 bits per heavy atom. The van der Waals surface area contributed by atoms with Gasteiger partial charge in [0.25, 0.3) is 0 Å². The number of carbonyl (C=O) groups is 1. The van der Waals surface area contributed by atoms with E-state index in [1.165, 1.54) is 12.5 Å². The SMILES string of the molecule is CC1=CC(=O)[C@@]2(O)[C@@](C)(CC[C@H]3C(C)(C)CCC[C@@]32C)O1. The standard InChI is InChI=1S/C18H28O3/c1-12-11-14(19)18(20)16(4)9-6-8-15(2,3)13(16)7-10-17(18,5)21-12/h11,13,20H,6-10H2,1-5H3/t13-,16-,17+,18-/m0/s1. The molecule has 4 atom stereocenters. The lowest BCUT2D eigenvalue weighted by molar-refractivity contribution is -0.265. The summed E-state index contributed by atoms with van der Waals surface area (Å²) in [6.07, 6.45) is 6.39. The van der Waals surface area contributed by atoms with Crippen LogP contribution < -0.4 is 0 Å². The van der Waals surface area contributed by atoms with Crippen LogP contribution in [0.5, 0.6) is 0 Å². The van der Waals surface area contributed by atoms with E-state index >= 15 is 0 Å². The molecular weight excluding hydrogens is 264 g/mol. The van der Waals surface area contributed by atoms with Crippen molar-refractivity contribution in [1.29, 1.82) is 0 Å². The average molecular weight is 292 g/mol. The molecule has 21 heavy (non-hydrogen) atoms. The fourth-order valence-electron chi connectivity index (χ4n) is 5.81. The molecule has 0 spiro atoms. The van der Waals surface area contributed by atoms with Crippen LogP contribution in [0, 0.1) is 16.7 Å². The predicted molar refractivity (Wildman–Crippen MR) is 81.7 cm³/mol. The molecule has 0 unspecified atom stereocenters. The van der Waals surface area contributed by atoms with Crippen molar-refractivity contribution in [1.82, 2.24) is 0 Å². The van der Waals surface area contributed by atoms with Crippen molar-refractivity contribution in [3.05, 3.63) is 11.8 Å². The van der Waals surface area contributed by atoms with Gasteiger partial charge in [0.05, 0.1) is 5.76 Å². The molecule has 2 fully saturated rings. The van der Waals surface area contributed by atoms with E-state index in [0.717, 1.165) is 25.7 Å². The Kier molecular flexibility index (Phi) is 2.96. The molecule has 0 aromatic rings. The van der Waals surface area contributed by atoms with E-state index in [0.29, 0.717) is 11.7 Å². The monoisotopic (exact) mass is 292 g/mol. The minimum absolute atomic E-state index is 0.154. The number of allylic oxidation sites excluding steroid dienone is 1. The van der Waals surface area contributed by atoms with Crippen LogP contribution >= 0.6 is 0 Å². The van der Waals surface area contributed by atoms with E-state index < -0.39 is 16.6 Å². The fourth-order valence-corrected chi connectivity index (χ4v) is 5.81. The number of ketones is 1. The van der Waals surface area contributed by atoms with Gasteiger partial charge in [0, 0.05) is 11.5 Å². The number of hydrogen-bond donors (Lipinski definition) is 1. The second-order valence-electron chi connectivity index (χ2n) is 8.51. The van der Waals surface area contributed by atoms with Crippen LogP contribution in [0.1, 0.15) is 66.7 Å². The third kappa shape index (κ3) is 1.67. The first-order valence-electron chi connectivity index (χ1n) is 8.21. The molecule has 0 radical (unpaired) electrons. The third-order valence-corrected chi connectivity index (χ3v) is 6.81. The van der Waals surface area contributed by atoms with Crippen molar-refractivity contribution in [3.63, 3.8) is 0 Å². The maximum absolute atomic E-state index is 12.8. The molecule has 0 amide bonds. The second-order valence-corrected chi connectivity index (χ2v) is 8.51. The van der Waals surface area contributed by atoms with E-state index in [1.54, 1.807) is 0 Å². The summed E-state index contributed by atoms with van der Waals surface area (Å²) in [5.74, 6) is 0.833. The van der Waals surface area contributed by atoms with Crippen LogP contribution in [0.3, 0.4) is 0 Å². The average Bonchev–Trinajstić information content (AvgIpc) is 2.32. The van der Waals surface area contributed by atoms with Gasteiger partial charge in [0.15, 0.2) is 11.4 Å². The molecule has 0 saturated heterocycles. The number of fused-ring (bicyclic) bond motifs is 3. The van der Waals surface area contributed by atoms with Crippen molar-refractivity contribution in [2.75, 3.05) is 0 Å². The molecule has 3 aliphatic rings. The Bertz CT molecular complexity index is 521. The molecular formula is C18H28O3. The van der Waals surface area contributed by atoms with E-state index in [9.17, 15) is 9.90 Å². The normalized spacial score (nSPS) is 48.8. The van der Waals surface area contributed by atoms with Crippen LogP contribution in [0.25, 0.3) is 0 Å². The number of rotatable bonds is 0. The second kappa shape index (κ2) is 4.13. The predicted octanol–water partition coefficient (Wildman–Crippen LogP) is 3.61. The van der Waals surface area contributed by atoms with Gasteiger partial charge in [-0.3, -0.25) is 4.79 Å². The smallest absolute Gasteiger partial charge is 0.195 e. The van der Waals surface area contributed by atoms with Gasteiger partial charge < -0.3 is 9.84 Å². The Hall–Kier alpha value is -0.830. The summed E-state index contributed by atoms with van der Waals surface area (Å²) in [4.78, 5) is 12.8. The largest absolute Gasteiger partial charge is 0.489 e. The third-order valence-electron chi connectivity index (χ3n) is 6.81. The topological polar surface area (TPSA) is 46.5 Å². The zero-order valence-electron chi connectivity index (χ0n) is 14.0. The molecule has 2 saturated carbocycles. The summed E-state index contributed by atoms with van der Waals surface area (Å²) in [5, 5.41) is 11.6. The number of aliphatic hydroxyl groups is 1. The molecule has 1 N–H and O–H groups in total. The van der Waals surface area contributed by atoms with E-state index in [-0.39, 0.29) is 11.2 Å². The van der Waals surface area contributed by atoms with Crippen LogP contribution in [0.15, 0.2) is 11.8 Å². The van der Waals surface area contributed by atoms with Crippen molar-refractivity contribution >= 4 is 5.78 Å². The van der Waals surface area contributed by atoms with Crippen LogP contribution in [0.4, 0.5) is 0 Å². The van der Waals surface area contributed by atoms with Crippen molar-refractivity contribution in [2.45, 2.75) is 77.9 Å². The van der Waals surface area contributed by atoms with Crippen molar-refractivity contribution < 1.29 is 14.6 Å². The lowest BCUT2D eigenvalue weighted by atomic mass is 9.42. The summed E-state index contributed by atoms with van der Waals surface area (Å²) < 4.78 is 6.02. The van der Waals surface area contributed by atoms with Gasteiger partial charge in [-0.2, -0.15) is 0 Å². The van der Waals surface area contributed by atoms with Gasteiger partial charge >= 0.3 is 0 Å². The highest BCUT2D eigenvalue weighted by atomic mass is 16.5. The van der Waals surface area contributed by atoms with Gasteiger partial charge in [0.1, 0.15) is 5.60 Å². The summed E-state index contributed by atoms with van der Waals surface area (Å²) in [6, 6.07) is 0. The molecule has 2 aliphatic carbocycles. The molecule has 0 aromatic heterocycles. The van der Waals surface area contributed by atoms with Crippen molar-refractivity contribution in [3.8, 4) is 0 Å². The highest BCUT2D eigenvalue weighted by Crippen LogP contribution is 2.65. The quantitative estimate of drug-likeness (QED) is 0.742. The summed E-state index contributed by atoms with van der Waals surface area (Å²) in [6.45, 7) is 10.4. The van der Waals surface area contributed by atoms with Gasteiger partial charge in [-0.15, -0.1) is 0 Å². The first-order valence-corrected chi connectivity index (χ1v) is 8.21. The van der Waals surface area contributed by atoms with Crippen molar-refractivity contribution in [2.24, 2.45) is 16.7 Å². The van der Waals surface area contributed by atoms with Crippen LogP contribution in [0.2, 0.25) is 0 Å². The summed E-state index contributed by atoms with van der Waals surface area (Å²) in [7, 11) is 0.